The average Bonchev–Trinajstić information content (AvgIpc) is 2.43. The zero-order valence-corrected chi connectivity index (χ0v) is 12.0. The lowest BCUT2D eigenvalue weighted by molar-refractivity contribution is -0.118. The zero-order valence-electron chi connectivity index (χ0n) is 11.2. The van der Waals surface area contributed by atoms with Crippen molar-refractivity contribution in [1.82, 2.24) is 5.32 Å². The van der Waals surface area contributed by atoms with Crippen LogP contribution in [0.4, 0.5) is 5.69 Å². The summed E-state index contributed by atoms with van der Waals surface area (Å²) in [5, 5.41) is 5.53. The van der Waals surface area contributed by atoms with Gasteiger partial charge in [-0.25, -0.2) is 0 Å². The normalized spacial score (nSPS) is 11.7. The highest BCUT2D eigenvalue weighted by Gasteiger charge is 2.12. The minimum absolute atomic E-state index is 0.136. The molecule has 1 aromatic carbocycles. The van der Waals surface area contributed by atoms with Crippen LogP contribution in [0.25, 0.3) is 0 Å². The maximum Gasteiger partial charge on any atom is 0.251 e. The summed E-state index contributed by atoms with van der Waals surface area (Å²) >= 11 is 5.63. The fourth-order valence-electron chi connectivity index (χ4n) is 1.41. The second-order valence-corrected chi connectivity index (χ2v) is 4.69. The SMILES string of the molecule is CCCNC(=O)c1cccc(NC(=O)C(C)CCl)c1. The molecule has 0 heterocycles. The molecule has 0 saturated heterocycles. The van der Waals surface area contributed by atoms with Crippen LogP contribution in [0, 0.1) is 5.92 Å². The monoisotopic (exact) mass is 282 g/mol. The molecule has 1 aromatic rings. The number of carbonyl (C=O) groups excluding carboxylic acids is 2. The Labute approximate surface area is 118 Å². The Morgan fingerprint density at radius 1 is 1.37 bits per heavy atom. The van der Waals surface area contributed by atoms with Crippen molar-refractivity contribution in [3.05, 3.63) is 29.8 Å². The van der Waals surface area contributed by atoms with Crippen molar-refractivity contribution in [3.8, 4) is 0 Å². The van der Waals surface area contributed by atoms with E-state index in [-0.39, 0.29) is 23.6 Å². The molecule has 0 fully saturated rings. The Hall–Kier alpha value is -1.55. The number of alkyl halides is 1. The molecule has 1 rings (SSSR count). The van der Waals surface area contributed by atoms with Crippen molar-refractivity contribution in [2.45, 2.75) is 20.3 Å². The molecule has 2 N–H and O–H groups in total. The minimum atomic E-state index is -0.265. The molecule has 0 spiro atoms. The van der Waals surface area contributed by atoms with Gasteiger partial charge in [0.05, 0.1) is 0 Å². The lowest BCUT2D eigenvalue weighted by atomic mass is 10.1. The number of nitrogens with one attached hydrogen (secondary N) is 2. The van der Waals surface area contributed by atoms with Gasteiger partial charge in [0.25, 0.3) is 5.91 Å². The quantitative estimate of drug-likeness (QED) is 0.788. The molecule has 104 valence electrons. The first kappa shape index (κ1) is 15.5. The molecule has 0 aliphatic rings. The molecule has 0 aliphatic carbocycles. The molecule has 1 unspecified atom stereocenters. The maximum atomic E-state index is 11.8. The number of benzene rings is 1. The van der Waals surface area contributed by atoms with Crippen LogP contribution in [0.2, 0.25) is 0 Å². The van der Waals surface area contributed by atoms with Crippen molar-refractivity contribution in [3.63, 3.8) is 0 Å². The predicted octanol–water partition coefficient (Wildman–Crippen LogP) is 2.64. The molecule has 0 saturated carbocycles. The smallest absolute Gasteiger partial charge is 0.251 e. The van der Waals surface area contributed by atoms with Crippen LogP contribution >= 0.6 is 11.6 Å². The van der Waals surface area contributed by atoms with Crippen molar-refractivity contribution in [2.75, 3.05) is 17.7 Å². The maximum absolute atomic E-state index is 11.8. The molecule has 0 bridgehead atoms. The summed E-state index contributed by atoms with van der Waals surface area (Å²) in [5.41, 5.74) is 1.14. The van der Waals surface area contributed by atoms with E-state index >= 15 is 0 Å². The van der Waals surface area contributed by atoms with E-state index in [9.17, 15) is 9.59 Å². The van der Waals surface area contributed by atoms with Crippen molar-refractivity contribution >= 4 is 29.1 Å². The number of rotatable bonds is 6. The molecule has 0 radical (unpaired) electrons. The second kappa shape index (κ2) is 7.79. The first-order valence-electron chi connectivity index (χ1n) is 6.33. The van der Waals surface area contributed by atoms with Gasteiger partial charge in [-0.2, -0.15) is 0 Å². The Morgan fingerprint density at radius 3 is 2.74 bits per heavy atom. The average molecular weight is 283 g/mol. The molecule has 1 atom stereocenters. The van der Waals surface area contributed by atoms with Gasteiger partial charge in [0.15, 0.2) is 0 Å². The van der Waals surface area contributed by atoms with Gasteiger partial charge in [0, 0.05) is 29.6 Å². The zero-order chi connectivity index (χ0) is 14.3. The van der Waals surface area contributed by atoms with E-state index in [4.69, 9.17) is 11.6 Å². The summed E-state index contributed by atoms with van der Waals surface area (Å²) in [6.45, 7) is 4.38. The topological polar surface area (TPSA) is 58.2 Å². The van der Waals surface area contributed by atoms with Crippen LogP contribution in [-0.4, -0.2) is 24.2 Å². The van der Waals surface area contributed by atoms with Crippen LogP contribution in [0.3, 0.4) is 0 Å². The van der Waals surface area contributed by atoms with E-state index in [1.807, 2.05) is 6.92 Å². The van der Waals surface area contributed by atoms with E-state index < -0.39 is 0 Å². The van der Waals surface area contributed by atoms with E-state index in [0.717, 1.165) is 6.42 Å². The third kappa shape index (κ3) is 4.91. The van der Waals surface area contributed by atoms with Gasteiger partial charge < -0.3 is 10.6 Å². The van der Waals surface area contributed by atoms with E-state index in [0.29, 0.717) is 17.8 Å². The van der Waals surface area contributed by atoms with Crippen molar-refractivity contribution < 1.29 is 9.59 Å². The van der Waals surface area contributed by atoms with Gasteiger partial charge in [-0.1, -0.05) is 19.9 Å². The lowest BCUT2D eigenvalue weighted by Crippen LogP contribution is -2.24. The third-order valence-electron chi connectivity index (χ3n) is 2.61. The van der Waals surface area contributed by atoms with E-state index in [1.54, 1.807) is 31.2 Å². The number of hydrogen-bond donors (Lipinski definition) is 2. The first-order chi connectivity index (χ1) is 9.08. The highest BCUT2D eigenvalue weighted by Crippen LogP contribution is 2.12. The number of hydrogen-bond acceptors (Lipinski definition) is 2. The highest BCUT2D eigenvalue weighted by atomic mass is 35.5. The molecule has 19 heavy (non-hydrogen) atoms. The number of carbonyl (C=O) groups is 2. The minimum Gasteiger partial charge on any atom is -0.352 e. The van der Waals surface area contributed by atoms with Crippen LogP contribution in [-0.2, 0) is 4.79 Å². The first-order valence-corrected chi connectivity index (χ1v) is 6.87. The molecular formula is C14H19ClN2O2. The summed E-state index contributed by atoms with van der Waals surface area (Å²) in [6, 6.07) is 6.85. The van der Waals surface area contributed by atoms with Crippen molar-refractivity contribution in [1.29, 1.82) is 0 Å². The fraction of sp³-hybridized carbons (Fsp3) is 0.429. The molecule has 5 heteroatoms. The van der Waals surface area contributed by atoms with Gasteiger partial charge in [-0.3, -0.25) is 9.59 Å². The van der Waals surface area contributed by atoms with Gasteiger partial charge in [0.1, 0.15) is 0 Å². The van der Waals surface area contributed by atoms with Gasteiger partial charge in [-0.05, 0) is 24.6 Å². The van der Waals surface area contributed by atoms with Crippen LogP contribution in [0.5, 0.6) is 0 Å². The summed E-state index contributed by atoms with van der Waals surface area (Å²) in [6.07, 6.45) is 0.884. The van der Waals surface area contributed by atoms with Crippen LogP contribution < -0.4 is 10.6 Å². The Morgan fingerprint density at radius 2 is 2.11 bits per heavy atom. The predicted molar refractivity (Wildman–Crippen MR) is 77.6 cm³/mol. The number of amides is 2. The van der Waals surface area contributed by atoms with Gasteiger partial charge >= 0.3 is 0 Å². The Bertz CT molecular complexity index is 449. The largest absolute Gasteiger partial charge is 0.352 e. The number of anilines is 1. The highest BCUT2D eigenvalue weighted by molar-refractivity contribution is 6.19. The summed E-state index contributed by atoms with van der Waals surface area (Å²) in [5.74, 6) is -0.286. The second-order valence-electron chi connectivity index (χ2n) is 4.38. The van der Waals surface area contributed by atoms with E-state index in [2.05, 4.69) is 10.6 Å². The van der Waals surface area contributed by atoms with Crippen LogP contribution in [0.1, 0.15) is 30.6 Å². The van der Waals surface area contributed by atoms with Crippen LogP contribution in [0.15, 0.2) is 24.3 Å². The van der Waals surface area contributed by atoms with E-state index in [1.165, 1.54) is 0 Å². The van der Waals surface area contributed by atoms with Crippen molar-refractivity contribution in [2.24, 2.45) is 5.92 Å². The molecular weight excluding hydrogens is 264 g/mol. The fourth-order valence-corrected chi connectivity index (χ4v) is 1.55. The molecule has 2 amide bonds. The summed E-state index contributed by atoms with van der Waals surface area (Å²) in [4.78, 5) is 23.5. The Balaban J connectivity index is 2.71. The summed E-state index contributed by atoms with van der Waals surface area (Å²) in [7, 11) is 0. The number of halogens is 1. The van der Waals surface area contributed by atoms with Gasteiger partial charge in [0.2, 0.25) is 5.91 Å². The standard InChI is InChI=1S/C14H19ClN2O2/c1-3-7-16-14(19)11-5-4-6-12(8-11)17-13(18)10(2)9-15/h4-6,8,10H,3,7,9H2,1-2H3,(H,16,19)(H,17,18). The molecule has 0 aliphatic heterocycles. The van der Waals surface area contributed by atoms with Gasteiger partial charge in [-0.15, -0.1) is 11.6 Å². The molecule has 4 nitrogen and oxygen atoms in total. The lowest BCUT2D eigenvalue weighted by Gasteiger charge is -2.10. The Kier molecular flexibility index (Phi) is 6.36. The summed E-state index contributed by atoms with van der Waals surface area (Å²) < 4.78 is 0. The molecule has 0 aromatic heterocycles. The third-order valence-corrected chi connectivity index (χ3v) is 3.07.